The third-order valence-electron chi connectivity index (χ3n) is 4.61. The standard InChI is InChI=1S/C23H21N9/c1-31(2)23-28-21(27-22(25)29-23)18(12-24)11-19-15-32(14-16-7-4-3-5-8-16)30-20(19)17-9-6-10-26-13-17/h3-11,13,15H,14H2,1-2H3,(H2,25,27,28,29)/b18-11+. The Balaban J connectivity index is 1.80. The zero-order valence-corrected chi connectivity index (χ0v) is 17.7. The minimum atomic E-state index is 0.0482. The van der Waals surface area contributed by atoms with Crippen LogP contribution in [0.4, 0.5) is 11.9 Å². The summed E-state index contributed by atoms with van der Waals surface area (Å²) in [5.41, 5.74) is 9.51. The number of hydrogen-bond donors (Lipinski definition) is 1. The maximum atomic E-state index is 9.85. The van der Waals surface area contributed by atoms with Gasteiger partial charge in [0.05, 0.1) is 12.1 Å². The van der Waals surface area contributed by atoms with Crippen molar-refractivity contribution in [2.24, 2.45) is 0 Å². The van der Waals surface area contributed by atoms with Gasteiger partial charge in [0.25, 0.3) is 0 Å². The van der Waals surface area contributed by atoms with Crippen LogP contribution in [-0.4, -0.2) is 43.8 Å². The number of aromatic nitrogens is 6. The van der Waals surface area contributed by atoms with Gasteiger partial charge in [-0.25, -0.2) is 0 Å². The molecule has 0 saturated heterocycles. The molecule has 0 unspecified atom stereocenters. The summed E-state index contributed by atoms with van der Waals surface area (Å²) in [4.78, 5) is 18.5. The number of pyridine rings is 1. The van der Waals surface area contributed by atoms with Crippen LogP contribution < -0.4 is 10.6 Å². The molecule has 2 N–H and O–H groups in total. The zero-order valence-electron chi connectivity index (χ0n) is 17.7. The summed E-state index contributed by atoms with van der Waals surface area (Å²) < 4.78 is 1.84. The Morgan fingerprint density at radius 2 is 1.94 bits per heavy atom. The molecule has 0 saturated carbocycles. The van der Waals surface area contributed by atoms with Gasteiger partial charge in [0, 0.05) is 43.8 Å². The number of nitrogens with two attached hydrogens (primary N) is 1. The lowest BCUT2D eigenvalue weighted by molar-refractivity contribution is 0.689. The Hall–Kier alpha value is -4.58. The van der Waals surface area contributed by atoms with E-state index in [1.165, 1.54) is 0 Å². The Kier molecular flexibility index (Phi) is 5.85. The molecule has 158 valence electrons. The Bertz CT molecular complexity index is 1290. The van der Waals surface area contributed by atoms with Gasteiger partial charge in [-0.3, -0.25) is 9.67 Å². The van der Waals surface area contributed by atoms with E-state index in [0.29, 0.717) is 18.2 Å². The third-order valence-corrected chi connectivity index (χ3v) is 4.61. The number of rotatable bonds is 6. The molecule has 0 atom stereocenters. The highest BCUT2D eigenvalue weighted by Crippen LogP contribution is 2.26. The minimum absolute atomic E-state index is 0.0482. The molecule has 4 aromatic rings. The predicted octanol–water partition coefficient (Wildman–Crippen LogP) is 2.89. The van der Waals surface area contributed by atoms with E-state index in [4.69, 9.17) is 10.8 Å². The average Bonchev–Trinajstić information content (AvgIpc) is 3.20. The second-order valence-electron chi connectivity index (χ2n) is 7.24. The van der Waals surface area contributed by atoms with Crippen molar-refractivity contribution in [2.45, 2.75) is 6.54 Å². The maximum absolute atomic E-state index is 9.85. The van der Waals surface area contributed by atoms with Crippen LogP contribution >= 0.6 is 0 Å². The van der Waals surface area contributed by atoms with Gasteiger partial charge in [-0.15, -0.1) is 0 Å². The molecular weight excluding hydrogens is 402 g/mol. The van der Waals surface area contributed by atoms with Gasteiger partial charge in [-0.05, 0) is 23.8 Å². The molecule has 9 heteroatoms. The smallest absolute Gasteiger partial charge is 0.230 e. The molecule has 9 nitrogen and oxygen atoms in total. The number of nitriles is 1. The van der Waals surface area contributed by atoms with Gasteiger partial charge < -0.3 is 10.6 Å². The highest BCUT2D eigenvalue weighted by atomic mass is 15.3. The summed E-state index contributed by atoms with van der Waals surface area (Å²) in [6.07, 6.45) is 7.05. The lowest BCUT2D eigenvalue weighted by Gasteiger charge is -2.10. The molecule has 3 aromatic heterocycles. The molecule has 0 aliphatic carbocycles. The summed E-state index contributed by atoms with van der Waals surface area (Å²) in [6, 6.07) is 16.0. The molecule has 3 heterocycles. The van der Waals surface area contributed by atoms with Crippen molar-refractivity contribution in [1.29, 1.82) is 5.26 Å². The molecule has 0 amide bonds. The van der Waals surface area contributed by atoms with Crippen molar-refractivity contribution in [2.75, 3.05) is 24.7 Å². The molecule has 0 radical (unpaired) electrons. The molecule has 4 rings (SSSR count). The van der Waals surface area contributed by atoms with E-state index >= 15 is 0 Å². The van der Waals surface area contributed by atoms with Crippen LogP contribution in [0.3, 0.4) is 0 Å². The lowest BCUT2D eigenvalue weighted by atomic mass is 10.1. The van der Waals surface area contributed by atoms with E-state index in [0.717, 1.165) is 16.7 Å². The first-order chi connectivity index (χ1) is 15.5. The topological polar surface area (TPSA) is 122 Å². The van der Waals surface area contributed by atoms with E-state index in [9.17, 15) is 5.26 Å². The molecule has 0 aliphatic rings. The first kappa shape index (κ1) is 20.7. The zero-order chi connectivity index (χ0) is 22.5. The SMILES string of the molecule is CN(C)c1nc(N)nc(/C(C#N)=C/c2cn(Cc3ccccc3)nc2-c2cccnc2)n1. The molecule has 32 heavy (non-hydrogen) atoms. The highest BCUT2D eigenvalue weighted by Gasteiger charge is 2.15. The van der Waals surface area contributed by atoms with Crippen molar-refractivity contribution < 1.29 is 0 Å². The summed E-state index contributed by atoms with van der Waals surface area (Å²) in [6.45, 7) is 0.591. The molecular formula is C23H21N9. The van der Waals surface area contributed by atoms with E-state index in [1.807, 2.05) is 53.3 Å². The van der Waals surface area contributed by atoms with Gasteiger partial charge >= 0.3 is 0 Å². The number of anilines is 2. The predicted molar refractivity (Wildman–Crippen MR) is 123 cm³/mol. The number of nitrogens with zero attached hydrogens (tertiary/aromatic N) is 8. The van der Waals surface area contributed by atoms with E-state index in [2.05, 4.69) is 26.0 Å². The van der Waals surface area contributed by atoms with Crippen LogP contribution in [0.2, 0.25) is 0 Å². The van der Waals surface area contributed by atoms with Crippen LogP contribution in [0.15, 0.2) is 61.1 Å². The normalized spacial score (nSPS) is 11.2. The number of allylic oxidation sites excluding steroid dienone is 1. The third kappa shape index (κ3) is 4.60. The van der Waals surface area contributed by atoms with Gasteiger partial charge in [0.2, 0.25) is 11.9 Å². The second kappa shape index (κ2) is 9.06. The number of nitrogen functional groups attached to an aromatic ring is 1. The molecule has 0 spiro atoms. The van der Waals surface area contributed by atoms with Crippen LogP contribution in [-0.2, 0) is 6.54 Å². The Labute approximate surface area is 185 Å². The highest BCUT2D eigenvalue weighted by molar-refractivity contribution is 5.90. The van der Waals surface area contributed by atoms with Crippen molar-refractivity contribution in [3.05, 3.63) is 78.0 Å². The minimum Gasteiger partial charge on any atom is -0.368 e. The first-order valence-corrected chi connectivity index (χ1v) is 9.86. The number of benzene rings is 1. The summed E-state index contributed by atoms with van der Waals surface area (Å²) in [7, 11) is 3.59. The summed E-state index contributed by atoms with van der Waals surface area (Å²) in [5, 5.41) is 14.6. The monoisotopic (exact) mass is 423 g/mol. The Morgan fingerprint density at radius 1 is 1.12 bits per heavy atom. The van der Waals surface area contributed by atoms with Gasteiger partial charge in [0.15, 0.2) is 5.82 Å². The lowest BCUT2D eigenvalue weighted by Crippen LogP contribution is -2.15. The second-order valence-corrected chi connectivity index (χ2v) is 7.24. The van der Waals surface area contributed by atoms with Crippen molar-refractivity contribution >= 4 is 23.5 Å². The van der Waals surface area contributed by atoms with Crippen LogP contribution in [0.1, 0.15) is 17.0 Å². The first-order valence-electron chi connectivity index (χ1n) is 9.86. The number of hydrogen-bond acceptors (Lipinski definition) is 8. The van der Waals surface area contributed by atoms with Crippen molar-refractivity contribution in [1.82, 2.24) is 29.7 Å². The summed E-state index contributed by atoms with van der Waals surface area (Å²) >= 11 is 0. The van der Waals surface area contributed by atoms with Gasteiger partial charge in [-0.2, -0.15) is 25.3 Å². The van der Waals surface area contributed by atoms with E-state index in [1.54, 1.807) is 37.5 Å². The fourth-order valence-corrected chi connectivity index (χ4v) is 3.12. The fraction of sp³-hybridized carbons (Fsp3) is 0.130. The average molecular weight is 423 g/mol. The van der Waals surface area contributed by atoms with Gasteiger partial charge in [0.1, 0.15) is 11.8 Å². The molecule has 0 fully saturated rings. The fourth-order valence-electron chi connectivity index (χ4n) is 3.12. The maximum Gasteiger partial charge on any atom is 0.230 e. The van der Waals surface area contributed by atoms with Crippen molar-refractivity contribution in [3.8, 4) is 17.3 Å². The quantitative estimate of drug-likeness (QED) is 0.470. The largest absolute Gasteiger partial charge is 0.368 e. The molecule has 0 aliphatic heterocycles. The molecule has 0 bridgehead atoms. The van der Waals surface area contributed by atoms with Crippen molar-refractivity contribution in [3.63, 3.8) is 0 Å². The van der Waals surface area contributed by atoms with Crippen LogP contribution in [0.5, 0.6) is 0 Å². The van der Waals surface area contributed by atoms with Crippen LogP contribution in [0, 0.1) is 11.3 Å². The van der Waals surface area contributed by atoms with Gasteiger partial charge in [-0.1, -0.05) is 30.3 Å². The van der Waals surface area contributed by atoms with E-state index < -0.39 is 0 Å². The van der Waals surface area contributed by atoms with E-state index in [-0.39, 0.29) is 17.3 Å². The molecule has 1 aromatic carbocycles. The van der Waals surface area contributed by atoms with Crippen LogP contribution in [0.25, 0.3) is 22.9 Å². The summed E-state index contributed by atoms with van der Waals surface area (Å²) in [5.74, 6) is 0.629. The Morgan fingerprint density at radius 3 is 2.62 bits per heavy atom.